The smallest absolute Gasteiger partial charge is 0.224 e. The zero-order valence-electron chi connectivity index (χ0n) is 10.2. The van der Waals surface area contributed by atoms with Crippen LogP contribution in [0.1, 0.15) is 26.7 Å². The first kappa shape index (κ1) is 14.0. The van der Waals surface area contributed by atoms with E-state index in [2.05, 4.69) is 27.5 Å². The molecule has 0 radical (unpaired) electrons. The average Bonchev–Trinajstić information content (AvgIpc) is 2.36. The Kier molecular flexibility index (Phi) is 6.00. The standard InChI is InChI=1S/C11H19ClN4O/c1-3-5-13-11-14-6-9(12)10(16-11)15-8(4-2)7-17/h6,8,17H,3-5,7H2,1-2H3,(H2,13,14,15,16). The van der Waals surface area contributed by atoms with Gasteiger partial charge in [0, 0.05) is 6.54 Å². The third-order valence-electron chi connectivity index (χ3n) is 2.33. The third kappa shape index (κ3) is 4.36. The Balaban J connectivity index is 2.75. The second-order valence-corrected chi connectivity index (χ2v) is 4.16. The Hall–Kier alpha value is -1.07. The lowest BCUT2D eigenvalue weighted by Gasteiger charge is -2.16. The summed E-state index contributed by atoms with van der Waals surface area (Å²) in [6.07, 6.45) is 3.36. The topological polar surface area (TPSA) is 70.1 Å². The van der Waals surface area contributed by atoms with E-state index in [0.717, 1.165) is 19.4 Å². The van der Waals surface area contributed by atoms with Crippen molar-refractivity contribution in [3.05, 3.63) is 11.2 Å². The summed E-state index contributed by atoms with van der Waals surface area (Å²) < 4.78 is 0. The van der Waals surface area contributed by atoms with Crippen molar-refractivity contribution >= 4 is 23.4 Å². The van der Waals surface area contributed by atoms with E-state index in [1.165, 1.54) is 0 Å². The maximum atomic E-state index is 9.12. The van der Waals surface area contributed by atoms with Gasteiger partial charge in [-0.1, -0.05) is 25.4 Å². The number of nitrogens with one attached hydrogen (secondary N) is 2. The van der Waals surface area contributed by atoms with Crippen LogP contribution in [0.25, 0.3) is 0 Å². The molecule has 5 nitrogen and oxygen atoms in total. The molecule has 0 saturated carbocycles. The largest absolute Gasteiger partial charge is 0.394 e. The zero-order chi connectivity index (χ0) is 12.7. The van der Waals surface area contributed by atoms with Crippen molar-refractivity contribution in [2.45, 2.75) is 32.7 Å². The van der Waals surface area contributed by atoms with E-state index in [4.69, 9.17) is 16.7 Å². The van der Waals surface area contributed by atoms with E-state index in [1.807, 2.05) is 6.92 Å². The van der Waals surface area contributed by atoms with Crippen molar-refractivity contribution in [1.82, 2.24) is 9.97 Å². The third-order valence-corrected chi connectivity index (χ3v) is 2.61. The van der Waals surface area contributed by atoms with Crippen molar-refractivity contribution in [2.75, 3.05) is 23.8 Å². The summed E-state index contributed by atoms with van der Waals surface area (Å²) in [6, 6.07) is -0.0403. The minimum Gasteiger partial charge on any atom is -0.394 e. The fourth-order valence-electron chi connectivity index (χ4n) is 1.26. The molecule has 3 N–H and O–H groups in total. The van der Waals surface area contributed by atoms with E-state index in [0.29, 0.717) is 16.8 Å². The molecule has 17 heavy (non-hydrogen) atoms. The van der Waals surface area contributed by atoms with Crippen LogP contribution >= 0.6 is 11.6 Å². The second-order valence-electron chi connectivity index (χ2n) is 3.75. The molecule has 1 aromatic rings. The Labute approximate surface area is 107 Å². The highest BCUT2D eigenvalue weighted by atomic mass is 35.5. The Bertz CT molecular complexity index is 344. The van der Waals surface area contributed by atoms with Crippen molar-refractivity contribution in [2.24, 2.45) is 0 Å². The van der Waals surface area contributed by atoms with Crippen LogP contribution in [0.15, 0.2) is 6.20 Å². The number of hydrogen-bond acceptors (Lipinski definition) is 5. The minimum absolute atomic E-state index is 0.0403. The molecule has 1 atom stereocenters. The summed E-state index contributed by atoms with van der Waals surface area (Å²) in [4.78, 5) is 8.35. The van der Waals surface area contributed by atoms with Crippen molar-refractivity contribution in [3.63, 3.8) is 0 Å². The highest BCUT2D eigenvalue weighted by molar-refractivity contribution is 6.32. The fourth-order valence-corrected chi connectivity index (χ4v) is 1.41. The number of rotatable bonds is 7. The number of nitrogens with zero attached hydrogens (tertiary/aromatic N) is 2. The van der Waals surface area contributed by atoms with Crippen molar-refractivity contribution in [1.29, 1.82) is 0 Å². The monoisotopic (exact) mass is 258 g/mol. The Morgan fingerprint density at radius 1 is 1.47 bits per heavy atom. The van der Waals surface area contributed by atoms with Gasteiger partial charge in [-0.05, 0) is 12.8 Å². The van der Waals surface area contributed by atoms with Crippen LogP contribution in [0.3, 0.4) is 0 Å². The van der Waals surface area contributed by atoms with Gasteiger partial charge in [0.2, 0.25) is 5.95 Å². The lowest BCUT2D eigenvalue weighted by molar-refractivity contribution is 0.271. The Morgan fingerprint density at radius 2 is 2.24 bits per heavy atom. The summed E-state index contributed by atoms with van der Waals surface area (Å²) >= 11 is 5.99. The molecule has 1 heterocycles. The lowest BCUT2D eigenvalue weighted by atomic mass is 10.2. The summed E-state index contributed by atoms with van der Waals surface area (Å²) in [7, 11) is 0. The maximum Gasteiger partial charge on any atom is 0.224 e. The predicted molar refractivity (Wildman–Crippen MR) is 70.6 cm³/mol. The van der Waals surface area contributed by atoms with Crippen LogP contribution in [0.2, 0.25) is 5.02 Å². The molecule has 0 bridgehead atoms. The first-order valence-electron chi connectivity index (χ1n) is 5.85. The highest BCUT2D eigenvalue weighted by Crippen LogP contribution is 2.20. The number of aliphatic hydroxyl groups is 1. The molecule has 0 aliphatic heterocycles. The van der Waals surface area contributed by atoms with Gasteiger partial charge in [0.05, 0.1) is 18.8 Å². The van der Waals surface area contributed by atoms with Gasteiger partial charge in [-0.15, -0.1) is 0 Å². The fraction of sp³-hybridized carbons (Fsp3) is 0.636. The molecule has 0 aromatic carbocycles. The molecule has 6 heteroatoms. The van der Waals surface area contributed by atoms with Crippen LogP contribution in [0.5, 0.6) is 0 Å². The number of aliphatic hydroxyl groups excluding tert-OH is 1. The van der Waals surface area contributed by atoms with E-state index < -0.39 is 0 Å². The molecule has 0 aliphatic carbocycles. The number of aromatic nitrogens is 2. The zero-order valence-corrected chi connectivity index (χ0v) is 11.0. The molecule has 0 saturated heterocycles. The first-order chi connectivity index (χ1) is 8.21. The van der Waals surface area contributed by atoms with Gasteiger partial charge in [0.25, 0.3) is 0 Å². The minimum atomic E-state index is -0.0403. The lowest BCUT2D eigenvalue weighted by Crippen LogP contribution is -2.23. The molecule has 96 valence electrons. The van der Waals surface area contributed by atoms with E-state index >= 15 is 0 Å². The van der Waals surface area contributed by atoms with E-state index in [-0.39, 0.29) is 12.6 Å². The second kappa shape index (κ2) is 7.29. The number of anilines is 2. The summed E-state index contributed by atoms with van der Waals surface area (Å²) in [5.74, 6) is 1.10. The molecular formula is C11H19ClN4O. The number of hydrogen-bond donors (Lipinski definition) is 3. The van der Waals surface area contributed by atoms with Gasteiger partial charge >= 0.3 is 0 Å². The van der Waals surface area contributed by atoms with Crippen LogP contribution in [0, 0.1) is 0 Å². The molecule has 0 fully saturated rings. The van der Waals surface area contributed by atoms with Gasteiger partial charge in [0.1, 0.15) is 5.02 Å². The van der Waals surface area contributed by atoms with E-state index in [9.17, 15) is 0 Å². The summed E-state index contributed by atoms with van der Waals surface area (Å²) in [5.41, 5.74) is 0. The van der Waals surface area contributed by atoms with Gasteiger partial charge in [-0.3, -0.25) is 0 Å². The SMILES string of the molecule is CCCNc1ncc(Cl)c(NC(CC)CO)n1. The van der Waals surface area contributed by atoms with Gasteiger partial charge in [0.15, 0.2) is 5.82 Å². The molecule has 1 unspecified atom stereocenters. The number of halogens is 1. The van der Waals surface area contributed by atoms with Crippen LogP contribution in [-0.4, -0.2) is 34.3 Å². The molecule has 1 aromatic heterocycles. The van der Waals surface area contributed by atoms with E-state index in [1.54, 1.807) is 6.20 Å². The van der Waals surface area contributed by atoms with Gasteiger partial charge in [-0.25, -0.2) is 4.98 Å². The summed E-state index contributed by atoms with van der Waals surface area (Å²) in [5, 5.41) is 15.8. The molecule has 0 spiro atoms. The highest BCUT2D eigenvalue weighted by Gasteiger charge is 2.09. The van der Waals surface area contributed by atoms with Crippen LogP contribution in [-0.2, 0) is 0 Å². The molecule has 0 amide bonds. The maximum absolute atomic E-state index is 9.12. The normalized spacial score (nSPS) is 12.2. The quantitative estimate of drug-likeness (QED) is 0.699. The average molecular weight is 259 g/mol. The molecular weight excluding hydrogens is 240 g/mol. The Morgan fingerprint density at radius 3 is 2.82 bits per heavy atom. The van der Waals surface area contributed by atoms with Crippen LogP contribution in [0.4, 0.5) is 11.8 Å². The first-order valence-corrected chi connectivity index (χ1v) is 6.22. The summed E-state index contributed by atoms with van der Waals surface area (Å²) in [6.45, 7) is 4.92. The van der Waals surface area contributed by atoms with Crippen LogP contribution < -0.4 is 10.6 Å². The molecule has 0 aliphatic rings. The van der Waals surface area contributed by atoms with Gasteiger partial charge < -0.3 is 15.7 Å². The van der Waals surface area contributed by atoms with Crippen molar-refractivity contribution < 1.29 is 5.11 Å². The predicted octanol–water partition coefficient (Wildman–Crippen LogP) is 2.13. The molecule has 1 rings (SSSR count). The van der Waals surface area contributed by atoms with Gasteiger partial charge in [-0.2, -0.15) is 4.98 Å². The van der Waals surface area contributed by atoms with Crippen molar-refractivity contribution in [3.8, 4) is 0 Å².